The smallest absolute Gasteiger partial charge is 0.408 e. The molecule has 18 nitrogen and oxygen atoms in total. The quantitative estimate of drug-likeness (QED) is 0.128. The highest BCUT2D eigenvalue weighted by molar-refractivity contribution is 5.90. The van der Waals surface area contributed by atoms with Gasteiger partial charge in [0.1, 0.15) is 25.3 Å². The lowest BCUT2D eigenvalue weighted by atomic mass is 9.84. The minimum Gasteiger partial charge on any atom is -0.493 e. The van der Waals surface area contributed by atoms with Crippen molar-refractivity contribution in [2.75, 3.05) is 35.0 Å². The van der Waals surface area contributed by atoms with Gasteiger partial charge in [-0.1, -0.05) is 0 Å². The Morgan fingerprint density at radius 1 is 0.800 bits per heavy atom. The molecular weight excluding hydrogens is 604 g/mol. The van der Waals surface area contributed by atoms with Gasteiger partial charge in [0.2, 0.25) is 0 Å². The summed E-state index contributed by atoms with van der Waals surface area (Å²) in [7, 11) is 5.15. The van der Waals surface area contributed by atoms with E-state index >= 15 is 0 Å². The number of rotatable bonds is 15. The van der Waals surface area contributed by atoms with Gasteiger partial charge < -0.3 is 38.5 Å². The number of benzene rings is 2. The van der Waals surface area contributed by atoms with Crippen LogP contribution in [0, 0.1) is 37.0 Å². The third kappa shape index (κ3) is 8.59. The predicted octanol–water partition coefficient (Wildman–Crippen LogP) is 2.97. The van der Waals surface area contributed by atoms with E-state index in [2.05, 4.69) is 5.32 Å². The number of nitro groups is 2. The van der Waals surface area contributed by atoms with Gasteiger partial charge in [-0.25, -0.2) is 9.59 Å². The second kappa shape index (κ2) is 15.6. The van der Waals surface area contributed by atoms with Crippen molar-refractivity contribution in [3.8, 4) is 29.1 Å². The van der Waals surface area contributed by atoms with Crippen LogP contribution in [0.4, 0.5) is 16.2 Å². The third-order valence-corrected chi connectivity index (χ3v) is 6.31. The van der Waals surface area contributed by atoms with Gasteiger partial charge in [0.15, 0.2) is 29.6 Å². The number of ether oxygens (including phenoxy) is 7. The molecular formula is C27H30N4O14. The number of nitrogens with zero attached hydrogens (tertiary/aromatic N) is 3. The Labute approximate surface area is 255 Å². The third-order valence-electron chi connectivity index (χ3n) is 6.31. The monoisotopic (exact) mass is 634 g/mol. The standard InChI is InChI=1S/C27H30N4O14/c1-27(2,25(33)44-13-15-9-19(39-3)21(41-5)11-17(15)30(35)36)23(24(32)43-8-7-28)29-26(34)45-14-16-10-20(40-4)22(42-6)12-18(16)31(37)38/h9-12,23H,8,13-14H2,1-6H3,(H,29,34)/t23-/m1/s1. The molecule has 2 aromatic rings. The summed E-state index contributed by atoms with van der Waals surface area (Å²) >= 11 is 0. The first-order valence-electron chi connectivity index (χ1n) is 12.7. The zero-order chi connectivity index (χ0) is 33.9. The number of hydrogen-bond donors (Lipinski definition) is 1. The van der Waals surface area contributed by atoms with Gasteiger partial charge in [0, 0.05) is 0 Å². The number of amides is 1. The minimum atomic E-state index is -1.91. The van der Waals surface area contributed by atoms with E-state index in [0.717, 1.165) is 12.1 Å². The lowest BCUT2D eigenvalue weighted by molar-refractivity contribution is -0.386. The van der Waals surface area contributed by atoms with Crippen molar-refractivity contribution in [1.82, 2.24) is 5.32 Å². The molecule has 0 aromatic heterocycles. The van der Waals surface area contributed by atoms with Gasteiger partial charge >= 0.3 is 18.0 Å². The summed E-state index contributed by atoms with van der Waals surface area (Å²) in [5.41, 5.74) is -2.99. The van der Waals surface area contributed by atoms with Gasteiger partial charge in [-0.3, -0.25) is 25.0 Å². The molecule has 0 unspecified atom stereocenters. The second-order valence-corrected chi connectivity index (χ2v) is 9.40. The first-order valence-corrected chi connectivity index (χ1v) is 12.7. The van der Waals surface area contributed by atoms with Crippen LogP contribution in [0.3, 0.4) is 0 Å². The SMILES string of the molecule is COc1cc(COC(=O)N[C@H](C(=O)OCC#N)C(C)(C)C(=O)OCc2cc(OC)c(OC)cc2[N+](=O)[O-])c([N+](=O)[O-])cc1OC. The number of methoxy groups -OCH3 is 4. The van der Waals surface area contributed by atoms with E-state index in [1.54, 1.807) is 6.07 Å². The van der Waals surface area contributed by atoms with E-state index in [9.17, 15) is 34.6 Å². The maximum absolute atomic E-state index is 13.2. The van der Waals surface area contributed by atoms with Crippen molar-refractivity contribution in [2.24, 2.45) is 5.41 Å². The molecule has 0 saturated heterocycles. The van der Waals surface area contributed by atoms with Gasteiger partial charge in [-0.15, -0.1) is 0 Å². The lowest BCUT2D eigenvalue weighted by Crippen LogP contribution is -2.54. The number of nitro benzene ring substituents is 2. The highest BCUT2D eigenvalue weighted by Crippen LogP contribution is 2.36. The van der Waals surface area contributed by atoms with Crippen LogP contribution in [0.5, 0.6) is 23.0 Å². The summed E-state index contributed by atoms with van der Waals surface area (Å²) in [6, 6.07) is 4.37. The average molecular weight is 635 g/mol. The maximum atomic E-state index is 13.2. The van der Waals surface area contributed by atoms with Crippen molar-refractivity contribution in [2.45, 2.75) is 33.1 Å². The summed E-state index contributed by atoms with van der Waals surface area (Å²) in [6.45, 7) is 0.363. The summed E-state index contributed by atoms with van der Waals surface area (Å²) in [5.74, 6) is -1.99. The number of carbonyl (C=O) groups is 3. The highest BCUT2D eigenvalue weighted by Gasteiger charge is 2.45. The summed E-state index contributed by atoms with van der Waals surface area (Å²) in [4.78, 5) is 60.5. The van der Waals surface area contributed by atoms with E-state index in [4.69, 9.17) is 38.4 Å². The largest absolute Gasteiger partial charge is 0.493 e. The Kier molecular flexibility index (Phi) is 12.2. The van der Waals surface area contributed by atoms with Crippen LogP contribution in [0.25, 0.3) is 0 Å². The molecule has 0 radical (unpaired) electrons. The number of esters is 2. The zero-order valence-corrected chi connectivity index (χ0v) is 25.1. The van der Waals surface area contributed by atoms with E-state index in [1.165, 1.54) is 54.4 Å². The molecule has 0 fully saturated rings. The molecule has 0 aliphatic heterocycles. The fraction of sp³-hybridized carbons (Fsp3) is 0.407. The van der Waals surface area contributed by atoms with Crippen LogP contribution in [0.1, 0.15) is 25.0 Å². The second-order valence-electron chi connectivity index (χ2n) is 9.40. The normalized spacial score (nSPS) is 11.2. The summed E-state index contributed by atoms with van der Waals surface area (Å²) < 4.78 is 35.6. The summed E-state index contributed by atoms with van der Waals surface area (Å²) in [5, 5.41) is 34.2. The molecule has 2 rings (SSSR count). The van der Waals surface area contributed by atoms with Gasteiger partial charge in [-0.2, -0.15) is 5.26 Å². The fourth-order valence-corrected chi connectivity index (χ4v) is 3.86. The first kappa shape index (κ1) is 35.3. The van der Waals surface area contributed by atoms with E-state index in [-0.39, 0.29) is 34.1 Å². The van der Waals surface area contributed by atoms with Gasteiger partial charge in [-0.05, 0) is 26.0 Å². The van der Waals surface area contributed by atoms with Gasteiger partial charge in [0.25, 0.3) is 11.4 Å². The number of carbonyl (C=O) groups excluding carboxylic acids is 3. The molecule has 0 spiro atoms. The van der Waals surface area contributed by atoms with Crippen LogP contribution < -0.4 is 24.3 Å². The molecule has 1 amide bonds. The lowest BCUT2D eigenvalue weighted by Gasteiger charge is -2.30. The van der Waals surface area contributed by atoms with Crippen molar-refractivity contribution < 1.29 is 57.4 Å². The van der Waals surface area contributed by atoms with E-state index in [0.29, 0.717) is 0 Å². The number of alkyl carbamates (subject to hydrolysis) is 1. The molecule has 18 heteroatoms. The maximum Gasteiger partial charge on any atom is 0.408 e. The topological polar surface area (TPSA) is 238 Å². The molecule has 0 aliphatic carbocycles. The molecule has 0 bridgehead atoms. The Morgan fingerprint density at radius 3 is 1.62 bits per heavy atom. The zero-order valence-electron chi connectivity index (χ0n) is 25.1. The average Bonchev–Trinajstić information content (AvgIpc) is 3.02. The molecule has 0 aliphatic rings. The van der Waals surface area contributed by atoms with Crippen LogP contribution in [0.15, 0.2) is 24.3 Å². The van der Waals surface area contributed by atoms with Crippen molar-refractivity contribution >= 4 is 29.4 Å². The summed E-state index contributed by atoms with van der Waals surface area (Å²) in [6.07, 6.45) is -1.30. The molecule has 2 aromatic carbocycles. The molecule has 1 N–H and O–H groups in total. The van der Waals surface area contributed by atoms with Crippen LogP contribution in [-0.4, -0.2) is 69.0 Å². The predicted molar refractivity (Wildman–Crippen MR) is 150 cm³/mol. The Bertz CT molecular complexity index is 1500. The fourth-order valence-electron chi connectivity index (χ4n) is 3.86. The molecule has 0 saturated carbocycles. The first-order chi connectivity index (χ1) is 21.2. The van der Waals surface area contributed by atoms with Crippen molar-refractivity contribution in [1.29, 1.82) is 5.26 Å². The Balaban J connectivity index is 2.31. The Hall–Kier alpha value is -5.86. The Morgan fingerprint density at radius 2 is 1.22 bits per heavy atom. The van der Waals surface area contributed by atoms with Crippen LogP contribution in [0.2, 0.25) is 0 Å². The molecule has 0 heterocycles. The number of nitriles is 1. The van der Waals surface area contributed by atoms with Gasteiger partial charge in [0.05, 0.1) is 67.0 Å². The molecule has 1 atom stereocenters. The van der Waals surface area contributed by atoms with E-state index < -0.39 is 70.5 Å². The van der Waals surface area contributed by atoms with Crippen LogP contribution >= 0.6 is 0 Å². The molecule has 45 heavy (non-hydrogen) atoms. The highest BCUT2D eigenvalue weighted by atomic mass is 16.6. The van der Waals surface area contributed by atoms with Crippen molar-refractivity contribution in [3.05, 3.63) is 55.6 Å². The number of hydrogen-bond acceptors (Lipinski definition) is 15. The van der Waals surface area contributed by atoms with Crippen LogP contribution in [-0.2, 0) is 37.0 Å². The minimum absolute atomic E-state index is 0.0522. The number of nitrogens with one attached hydrogen (secondary N) is 1. The van der Waals surface area contributed by atoms with E-state index in [1.807, 2.05) is 0 Å². The molecule has 242 valence electrons. The van der Waals surface area contributed by atoms with Crippen molar-refractivity contribution in [3.63, 3.8) is 0 Å².